The maximum absolute atomic E-state index is 12.3. The summed E-state index contributed by atoms with van der Waals surface area (Å²) in [6.45, 7) is 2.45. The largest absolute Gasteiger partial charge is 0.361 e. The molecule has 0 saturated carbocycles. The predicted molar refractivity (Wildman–Crippen MR) is 98.8 cm³/mol. The van der Waals surface area contributed by atoms with Gasteiger partial charge in [-0.3, -0.25) is 4.79 Å². The number of aromatic nitrogens is 2. The topological polar surface area (TPSA) is 73.6 Å². The van der Waals surface area contributed by atoms with E-state index >= 15 is 0 Å². The van der Waals surface area contributed by atoms with Crippen molar-refractivity contribution >= 4 is 22.9 Å². The molecule has 3 aromatic rings. The first-order valence-electron chi connectivity index (χ1n) is 8.17. The molecular formula is C20H20N4O. The lowest BCUT2D eigenvalue weighted by molar-refractivity contribution is -0.117. The second-order valence-electron chi connectivity index (χ2n) is 5.99. The van der Waals surface area contributed by atoms with Crippen LogP contribution >= 0.6 is 0 Å². The molecule has 2 aromatic heterocycles. The third-order valence-corrected chi connectivity index (χ3v) is 4.42. The molecule has 0 saturated heterocycles. The molecule has 1 aromatic carbocycles. The number of hydrogen-bond acceptors (Lipinski definition) is 2. The standard InChI is InChI=1S/C20H20N4O/c1-14-7-8-17(24(14)2)11-16(12-21)20(25)22-10-9-15-13-23-19-6-4-3-5-18(15)19/h3-8,11,13,23H,9-10H2,1-2H3,(H,22,25)/b16-11-. The number of aryl methyl sites for hydroxylation is 1. The van der Waals surface area contributed by atoms with Gasteiger partial charge in [0.05, 0.1) is 0 Å². The summed E-state index contributed by atoms with van der Waals surface area (Å²) in [5, 5.41) is 13.3. The highest BCUT2D eigenvalue weighted by atomic mass is 16.1. The Bertz CT molecular complexity index is 985. The summed E-state index contributed by atoms with van der Waals surface area (Å²) < 4.78 is 1.94. The van der Waals surface area contributed by atoms with Crippen LogP contribution in [-0.2, 0) is 18.3 Å². The van der Waals surface area contributed by atoms with Crippen LogP contribution in [0.3, 0.4) is 0 Å². The molecule has 3 rings (SSSR count). The van der Waals surface area contributed by atoms with Crippen LogP contribution < -0.4 is 5.32 Å². The Kier molecular flexibility index (Phi) is 4.71. The SMILES string of the molecule is Cc1ccc(/C=C(/C#N)C(=O)NCCc2c[nH]c3ccccc23)n1C. The van der Waals surface area contributed by atoms with Gasteiger partial charge in [-0.15, -0.1) is 0 Å². The van der Waals surface area contributed by atoms with Crippen molar-refractivity contribution in [1.82, 2.24) is 14.9 Å². The van der Waals surface area contributed by atoms with Gasteiger partial charge in [-0.25, -0.2) is 0 Å². The maximum atomic E-state index is 12.3. The zero-order valence-electron chi connectivity index (χ0n) is 14.3. The van der Waals surface area contributed by atoms with Gasteiger partial charge in [0.2, 0.25) is 0 Å². The Morgan fingerprint density at radius 3 is 2.84 bits per heavy atom. The molecule has 2 heterocycles. The van der Waals surface area contributed by atoms with Crippen molar-refractivity contribution in [3.63, 3.8) is 0 Å². The van der Waals surface area contributed by atoms with Crippen molar-refractivity contribution < 1.29 is 4.79 Å². The van der Waals surface area contributed by atoms with Gasteiger partial charge in [-0.1, -0.05) is 18.2 Å². The van der Waals surface area contributed by atoms with Gasteiger partial charge in [0.25, 0.3) is 5.91 Å². The normalized spacial score (nSPS) is 11.5. The number of rotatable bonds is 5. The van der Waals surface area contributed by atoms with Crippen LogP contribution in [0.1, 0.15) is 17.0 Å². The number of hydrogen-bond donors (Lipinski definition) is 2. The molecule has 5 nitrogen and oxygen atoms in total. The lowest BCUT2D eigenvalue weighted by atomic mass is 10.1. The maximum Gasteiger partial charge on any atom is 0.262 e. The number of carbonyl (C=O) groups excluding carboxylic acids is 1. The minimum absolute atomic E-state index is 0.111. The quantitative estimate of drug-likeness (QED) is 0.556. The third-order valence-electron chi connectivity index (χ3n) is 4.42. The molecule has 0 aliphatic heterocycles. The number of nitriles is 1. The number of nitrogens with zero attached hydrogens (tertiary/aromatic N) is 2. The van der Waals surface area contributed by atoms with Crippen LogP contribution in [0.15, 0.2) is 48.2 Å². The minimum Gasteiger partial charge on any atom is -0.361 e. The number of nitrogens with one attached hydrogen (secondary N) is 2. The van der Waals surface area contributed by atoms with E-state index in [0.29, 0.717) is 13.0 Å². The molecule has 2 N–H and O–H groups in total. The number of para-hydroxylation sites is 1. The van der Waals surface area contributed by atoms with Gasteiger partial charge < -0.3 is 14.9 Å². The summed E-state index contributed by atoms with van der Waals surface area (Å²) in [4.78, 5) is 15.5. The summed E-state index contributed by atoms with van der Waals surface area (Å²) >= 11 is 0. The molecule has 0 spiro atoms. The first kappa shape index (κ1) is 16.6. The minimum atomic E-state index is -0.346. The highest BCUT2D eigenvalue weighted by molar-refractivity contribution is 6.01. The summed E-state index contributed by atoms with van der Waals surface area (Å²) in [5.74, 6) is -0.346. The number of amides is 1. The molecule has 0 bridgehead atoms. The molecule has 126 valence electrons. The van der Waals surface area contributed by atoms with Gasteiger partial charge >= 0.3 is 0 Å². The monoisotopic (exact) mass is 332 g/mol. The van der Waals surface area contributed by atoms with Crippen molar-refractivity contribution in [2.45, 2.75) is 13.3 Å². The first-order valence-corrected chi connectivity index (χ1v) is 8.17. The number of fused-ring (bicyclic) bond motifs is 1. The van der Waals surface area contributed by atoms with E-state index < -0.39 is 0 Å². The molecule has 0 aliphatic rings. The van der Waals surface area contributed by atoms with E-state index in [4.69, 9.17) is 0 Å². The molecule has 0 atom stereocenters. The number of aromatic amines is 1. The summed E-state index contributed by atoms with van der Waals surface area (Å²) in [7, 11) is 1.91. The van der Waals surface area contributed by atoms with Crippen molar-refractivity contribution in [2.75, 3.05) is 6.54 Å². The van der Waals surface area contributed by atoms with E-state index in [1.54, 1.807) is 6.08 Å². The Labute approximate surface area is 146 Å². The van der Waals surface area contributed by atoms with Crippen LogP contribution in [0, 0.1) is 18.3 Å². The summed E-state index contributed by atoms with van der Waals surface area (Å²) in [5.41, 5.74) is 4.25. The Morgan fingerprint density at radius 1 is 1.32 bits per heavy atom. The van der Waals surface area contributed by atoms with Crippen LogP contribution in [0.5, 0.6) is 0 Å². The van der Waals surface area contributed by atoms with Crippen LogP contribution in [-0.4, -0.2) is 22.0 Å². The second kappa shape index (κ2) is 7.10. The fourth-order valence-electron chi connectivity index (χ4n) is 2.82. The highest BCUT2D eigenvalue weighted by Gasteiger charge is 2.10. The van der Waals surface area contributed by atoms with Crippen molar-refractivity contribution in [3.8, 4) is 6.07 Å². The molecule has 0 aliphatic carbocycles. The Morgan fingerprint density at radius 2 is 2.12 bits per heavy atom. The average molecular weight is 332 g/mol. The molecular weight excluding hydrogens is 312 g/mol. The number of benzene rings is 1. The van der Waals surface area contributed by atoms with Gasteiger partial charge in [0, 0.05) is 42.1 Å². The van der Waals surface area contributed by atoms with Crippen molar-refractivity contribution in [1.29, 1.82) is 5.26 Å². The average Bonchev–Trinajstić information content (AvgIpc) is 3.17. The lowest BCUT2D eigenvalue weighted by Gasteiger charge is -2.05. The van der Waals surface area contributed by atoms with Crippen molar-refractivity contribution in [2.24, 2.45) is 7.05 Å². The van der Waals surface area contributed by atoms with E-state index in [-0.39, 0.29) is 11.5 Å². The van der Waals surface area contributed by atoms with Gasteiger partial charge in [0.15, 0.2) is 0 Å². The smallest absolute Gasteiger partial charge is 0.262 e. The van der Waals surface area contributed by atoms with Crippen molar-refractivity contribution in [3.05, 3.63) is 65.1 Å². The third kappa shape index (κ3) is 3.48. The molecule has 25 heavy (non-hydrogen) atoms. The Hall–Kier alpha value is -3.26. The van der Waals surface area contributed by atoms with E-state index in [9.17, 15) is 10.1 Å². The van der Waals surface area contributed by atoms with Gasteiger partial charge in [-0.2, -0.15) is 5.26 Å². The number of carbonyl (C=O) groups is 1. The second-order valence-corrected chi connectivity index (χ2v) is 5.99. The van der Waals surface area contributed by atoms with E-state index in [0.717, 1.165) is 27.9 Å². The fourth-order valence-corrected chi connectivity index (χ4v) is 2.82. The summed E-state index contributed by atoms with van der Waals surface area (Å²) in [6, 6.07) is 13.9. The molecule has 0 radical (unpaired) electrons. The van der Waals surface area contributed by atoms with E-state index in [2.05, 4.69) is 16.4 Å². The van der Waals surface area contributed by atoms with E-state index in [1.165, 1.54) is 0 Å². The predicted octanol–water partition coefficient (Wildman–Crippen LogP) is 3.08. The first-order chi connectivity index (χ1) is 12.1. The van der Waals surface area contributed by atoms with Crippen LogP contribution in [0.4, 0.5) is 0 Å². The lowest BCUT2D eigenvalue weighted by Crippen LogP contribution is -2.26. The fraction of sp³-hybridized carbons (Fsp3) is 0.200. The van der Waals surface area contributed by atoms with Gasteiger partial charge in [0.1, 0.15) is 11.6 Å². The van der Waals surface area contributed by atoms with Gasteiger partial charge in [-0.05, 0) is 43.2 Å². The zero-order chi connectivity index (χ0) is 17.8. The van der Waals surface area contributed by atoms with Crippen LogP contribution in [0.25, 0.3) is 17.0 Å². The Balaban J connectivity index is 1.65. The zero-order valence-corrected chi connectivity index (χ0v) is 14.3. The van der Waals surface area contributed by atoms with E-state index in [1.807, 2.05) is 61.1 Å². The number of H-pyrrole nitrogens is 1. The molecule has 0 fully saturated rings. The van der Waals surface area contributed by atoms with Crippen LogP contribution in [0.2, 0.25) is 0 Å². The highest BCUT2D eigenvalue weighted by Crippen LogP contribution is 2.17. The summed E-state index contributed by atoms with van der Waals surface area (Å²) in [6.07, 6.45) is 4.29. The molecule has 0 unspecified atom stereocenters. The molecule has 1 amide bonds. The molecule has 5 heteroatoms.